The van der Waals surface area contributed by atoms with Gasteiger partial charge in [0.25, 0.3) is 0 Å². The van der Waals surface area contributed by atoms with Crippen molar-refractivity contribution in [2.45, 2.75) is 58.4 Å². The van der Waals surface area contributed by atoms with Crippen molar-refractivity contribution >= 4 is 0 Å². The van der Waals surface area contributed by atoms with Gasteiger partial charge in [-0.2, -0.15) is 0 Å². The molecule has 0 spiro atoms. The minimum atomic E-state index is 0.760. The van der Waals surface area contributed by atoms with Gasteiger partial charge in [0.1, 0.15) is 0 Å². The first-order valence-corrected chi connectivity index (χ1v) is 7.73. The van der Waals surface area contributed by atoms with Gasteiger partial charge in [0.2, 0.25) is 0 Å². The first-order valence-electron chi connectivity index (χ1n) is 7.73. The van der Waals surface area contributed by atoms with Gasteiger partial charge in [-0.3, -0.25) is 0 Å². The Morgan fingerprint density at radius 3 is 2.71 bits per heavy atom. The smallest absolute Gasteiger partial charge is 0.0198 e. The van der Waals surface area contributed by atoms with E-state index in [4.69, 9.17) is 0 Å². The van der Waals surface area contributed by atoms with Crippen molar-refractivity contribution in [3.05, 3.63) is 0 Å². The lowest BCUT2D eigenvalue weighted by Gasteiger charge is -2.38. The fraction of sp³-hybridized carbons (Fsp3) is 1.00. The predicted molar refractivity (Wildman–Crippen MR) is 74.3 cm³/mol. The molecule has 2 heteroatoms. The molecule has 0 radical (unpaired) electrons. The van der Waals surface area contributed by atoms with Crippen LogP contribution in [0.15, 0.2) is 0 Å². The van der Waals surface area contributed by atoms with Gasteiger partial charge in [0, 0.05) is 19.1 Å². The van der Waals surface area contributed by atoms with Crippen molar-refractivity contribution in [2.24, 2.45) is 11.8 Å². The van der Waals surface area contributed by atoms with E-state index in [0.717, 1.165) is 17.9 Å². The largest absolute Gasteiger partial charge is 0.312 e. The van der Waals surface area contributed by atoms with E-state index >= 15 is 0 Å². The standard InChI is InChI=1S/C15H30N2/c1-3-4-8-17-11-13(2)9-15(12-17)16-10-14-6-5-7-14/h13-16H,3-12H2,1-2H3. The summed E-state index contributed by atoms with van der Waals surface area (Å²) >= 11 is 0. The molecule has 1 saturated heterocycles. The highest BCUT2D eigenvalue weighted by molar-refractivity contribution is 4.83. The van der Waals surface area contributed by atoms with Crippen LogP contribution in [0.1, 0.15) is 52.4 Å². The first kappa shape index (κ1) is 13.4. The number of unbranched alkanes of at least 4 members (excludes halogenated alkanes) is 1. The molecule has 2 aliphatic rings. The second-order valence-electron chi connectivity index (χ2n) is 6.36. The lowest BCUT2D eigenvalue weighted by Crippen LogP contribution is -2.50. The van der Waals surface area contributed by atoms with Crippen LogP contribution in [-0.4, -0.2) is 37.1 Å². The highest BCUT2D eigenvalue weighted by Gasteiger charge is 2.25. The van der Waals surface area contributed by atoms with Crippen LogP contribution in [0.4, 0.5) is 0 Å². The van der Waals surface area contributed by atoms with E-state index in [1.807, 2.05) is 0 Å². The Labute approximate surface area is 107 Å². The lowest BCUT2D eigenvalue weighted by molar-refractivity contribution is 0.140. The molecule has 2 unspecified atom stereocenters. The van der Waals surface area contributed by atoms with Crippen molar-refractivity contribution in [2.75, 3.05) is 26.2 Å². The third-order valence-corrected chi connectivity index (χ3v) is 4.48. The van der Waals surface area contributed by atoms with Crippen molar-refractivity contribution in [1.82, 2.24) is 10.2 Å². The van der Waals surface area contributed by atoms with Crippen LogP contribution in [0, 0.1) is 11.8 Å². The molecule has 1 aliphatic carbocycles. The van der Waals surface area contributed by atoms with Gasteiger partial charge in [0.05, 0.1) is 0 Å². The van der Waals surface area contributed by atoms with E-state index in [2.05, 4.69) is 24.1 Å². The zero-order valence-electron chi connectivity index (χ0n) is 11.8. The zero-order chi connectivity index (χ0) is 12.1. The van der Waals surface area contributed by atoms with E-state index in [-0.39, 0.29) is 0 Å². The average molecular weight is 238 g/mol. The van der Waals surface area contributed by atoms with E-state index in [1.165, 1.54) is 64.7 Å². The minimum absolute atomic E-state index is 0.760. The molecule has 2 rings (SSSR count). The molecular weight excluding hydrogens is 208 g/mol. The third-order valence-electron chi connectivity index (χ3n) is 4.48. The van der Waals surface area contributed by atoms with Crippen LogP contribution < -0.4 is 5.32 Å². The normalized spacial score (nSPS) is 31.4. The molecule has 1 saturated carbocycles. The molecule has 0 aromatic heterocycles. The summed E-state index contributed by atoms with van der Waals surface area (Å²) in [5, 5.41) is 3.82. The van der Waals surface area contributed by atoms with Crippen molar-refractivity contribution in [3.8, 4) is 0 Å². The SMILES string of the molecule is CCCCN1CC(C)CC(NCC2CCC2)C1. The second-order valence-corrected chi connectivity index (χ2v) is 6.36. The Bertz CT molecular complexity index is 213. The maximum absolute atomic E-state index is 3.82. The molecule has 100 valence electrons. The van der Waals surface area contributed by atoms with Gasteiger partial charge in [0.15, 0.2) is 0 Å². The van der Waals surface area contributed by atoms with Crippen LogP contribution >= 0.6 is 0 Å². The van der Waals surface area contributed by atoms with Crippen LogP contribution in [-0.2, 0) is 0 Å². The number of hydrogen-bond acceptors (Lipinski definition) is 2. The number of nitrogens with zero attached hydrogens (tertiary/aromatic N) is 1. The fourth-order valence-corrected chi connectivity index (χ4v) is 3.20. The number of piperidine rings is 1. The summed E-state index contributed by atoms with van der Waals surface area (Å²) < 4.78 is 0. The Balaban J connectivity index is 1.68. The number of nitrogens with one attached hydrogen (secondary N) is 1. The Kier molecular flexibility index (Phi) is 5.30. The molecule has 2 fully saturated rings. The van der Waals surface area contributed by atoms with Crippen LogP contribution in [0.25, 0.3) is 0 Å². The first-order chi connectivity index (χ1) is 8.28. The van der Waals surface area contributed by atoms with Crippen LogP contribution in [0.3, 0.4) is 0 Å². The molecule has 0 aromatic rings. The maximum Gasteiger partial charge on any atom is 0.0198 e. The van der Waals surface area contributed by atoms with Crippen molar-refractivity contribution in [1.29, 1.82) is 0 Å². The molecule has 1 N–H and O–H groups in total. The number of likely N-dealkylation sites (tertiary alicyclic amines) is 1. The zero-order valence-corrected chi connectivity index (χ0v) is 11.8. The summed E-state index contributed by atoms with van der Waals surface area (Å²) in [4.78, 5) is 2.68. The Morgan fingerprint density at radius 1 is 1.24 bits per heavy atom. The van der Waals surface area contributed by atoms with Gasteiger partial charge in [-0.1, -0.05) is 26.7 Å². The van der Waals surface area contributed by atoms with E-state index in [9.17, 15) is 0 Å². The summed E-state index contributed by atoms with van der Waals surface area (Å²) in [5.74, 6) is 1.87. The fourth-order valence-electron chi connectivity index (χ4n) is 3.20. The maximum atomic E-state index is 3.82. The molecule has 2 atom stereocenters. The number of hydrogen-bond donors (Lipinski definition) is 1. The van der Waals surface area contributed by atoms with Gasteiger partial charge in [-0.05, 0) is 50.6 Å². The van der Waals surface area contributed by atoms with Gasteiger partial charge < -0.3 is 10.2 Å². The van der Waals surface area contributed by atoms with Gasteiger partial charge in [-0.15, -0.1) is 0 Å². The van der Waals surface area contributed by atoms with E-state index in [0.29, 0.717) is 0 Å². The Hall–Kier alpha value is -0.0800. The third kappa shape index (κ3) is 4.26. The quantitative estimate of drug-likeness (QED) is 0.765. The second kappa shape index (κ2) is 6.75. The number of rotatable bonds is 6. The Morgan fingerprint density at radius 2 is 2.06 bits per heavy atom. The highest BCUT2D eigenvalue weighted by atomic mass is 15.2. The van der Waals surface area contributed by atoms with E-state index in [1.54, 1.807) is 0 Å². The summed E-state index contributed by atoms with van der Waals surface area (Å²) in [5.41, 5.74) is 0. The summed E-state index contributed by atoms with van der Waals surface area (Å²) in [7, 11) is 0. The molecule has 1 aliphatic heterocycles. The molecular formula is C15H30N2. The van der Waals surface area contributed by atoms with Crippen LogP contribution in [0.5, 0.6) is 0 Å². The molecule has 0 bridgehead atoms. The average Bonchev–Trinajstić information content (AvgIpc) is 2.23. The summed E-state index contributed by atoms with van der Waals surface area (Å²) in [6.07, 6.45) is 8.47. The van der Waals surface area contributed by atoms with Crippen molar-refractivity contribution in [3.63, 3.8) is 0 Å². The molecule has 1 heterocycles. The molecule has 0 aromatic carbocycles. The van der Waals surface area contributed by atoms with Crippen molar-refractivity contribution < 1.29 is 0 Å². The topological polar surface area (TPSA) is 15.3 Å². The highest BCUT2D eigenvalue weighted by Crippen LogP contribution is 2.26. The summed E-state index contributed by atoms with van der Waals surface area (Å²) in [6, 6.07) is 0.760. The monoisotopic (exact) mass is 238 g/mol. The van der Waals surface area contributed by atoms with Gasteiger partial charge >= 0.3 is 0 Å². The van der Waals surface area contributed by atoms with Gasteiger partial charge in [-0.25, -0.2) is 0 Å². The predicted octanol–water partition coefficient (Wildman–Crippen LogP) is 2.89. The van der Waals surface area contributed by atoms with Crippen LogP contribution in [0.2, 0.25) is 0 Å². The lowest BCUT2D eigenvalue weighted by atomic mass is 9.85. The molecule has 17 heavy (non-hydrogen) atoms. The minimum Gasteiger partial charge on any atom is -0.312 e. The molecule has 0 amide bonds. The van der Waals surface area contributed by atoms with E-state index < -0.39 is 0 Å². The molecule has 2 nitrogen and oxygen atoms in total. The summed E-state index contributed by atoms with van der Waals surface area (Å²) in [6.45, 7) is 9.90.